The molecule has 1 aliphatic rings. The van der Waals surface area contributed by atoms with E-state index in [1.54, 1.807) is 0 Å². The van der Waals surface area contributed by atoms with Crippen LogP contribution in [0.5, 0.6) is 0 Å². The molecule has 0 amide bonds. The van der Waals surface area contributed by atoms with Crippen molar-refractivity contribution in [2.24, 2.45) is 5.73 Å². The van der Waals surface area contributed by atoms with Gasteiger partial charge in [-0.15, -0.1) is 0 Å². The summed E-state index contributed by atoms with van der Waals surface area (Å²) in [4.78, 5) is 2.49. The lowest BCUT2D eigenvalue weighted by atomic mass is 10.2. The maximum absolute atomic E-state index is 5.59. The quantitative estimate of drug-likeness (QED) is 0.709. The molecule has 1 heterocycles. The molecule has 0 aromatic rings. The molecule has 0 saturated carbocycles. The summed E-state index contributed by atoms with van der Waals surface area (Å²) in [7, 11) is 0. The second-order valence-electron chi connectivity index (χ2n) is 3.96. The minimum Gasteiger partial charge on any atom is -0.377 e. The van der Waals surface area contributed by atoms with Gasteiger partial charge in [0, 0.05) is 25.7 Å². The highest BCUT2D eigenvalue weighted by Gasteiger charge is 2.18. The van der Waals surface area contributed by atoms with E-state index in [0.717, 1.165) is 39.1 Å². The number of rotatable bonds is 3. The molecule has 0 aromatic carbocycles. The van der Waals surface area contributed by atoms with Gasteiger partial charge in [-0.05, 0) is 33.2 Å². The van der Waals surface area contributed by atoms with Gasteiger partial charge in [0.15, 0.2) is 0 Å². The molecule has 2 N–H and O–H groups in total. The third-order valence-corrected chi connectivity index (χ3v) is 2.69. The van der Waals surface area contributed by atoms with E-state index in [-0.39, 0.29) is 0 Å². The Kier molecular flexibility index (Phi) is 4.70. The Morgan fingerprint density at radius 1 is 1.62 bits per heavy atom. The Bertz CT molecular complexity index is 141. The Hall–Kier alpha value is -0.120. The molecule has 78 valence electrons. The minimum absolute atomic E-state index is 0.378. The summed E-state index contributed by atoms with van der Waals surface area (Å²) in [6.45, 7) is 8.31. The van der Waals surface area contributed by atoms with Gasteiger partial charge in [0.05, 0.1) is 6.10 Å². The average molecular weight is 186 g/mol. The van der Waals surface area contributed by atoms with Crippen LogP contribution in [-0.2, 0) is 4.74 Å². The summed E-state index contributed by atoms with van der Waals surface area (Å²) in [5.41, 5.74) is 5.55. The number of nitrogens with zero attached hydrogens (tertiary/aromatic N) is 1. The van der Waals surface area contributed by atoms with Crippen molar-refractivity contribution in [1.29, 1.82) is 0 Å². The molecule has 1 fully saturated rings. The average Bonchev–Trinajstić information content (AvgIpc) is 2.30. The van der Waals surface area contributed by atoms with E-state index in [1.807, 2.05) is 0 Å². The molecule has 0 radical (unpaired) electrons. The fourth-order valence-electron chi connectivity index (χ4n) is 1.85. The van der Waals surface area contributed by atoms with Crippen molar-refractivity contribution in [3.63, 3.8) is 0 Å². The maximum atomic E-state index is 5.59. The molecule has 0 aliphatic carbocycles. The smallest absolute Gasteiger partial charge is 0.0673 e. The van der Waals surface area contributed by atoms with Crippen molar-refractivity contribution in [2.45, 2.75) is 38.8 Å². The van der Waals surface area contributed by atoms with E-state index in [9.17, 15) is 0 Å². The van der Waals surface area contributed by atoms with Crippen molar-refractivity contribution in [3.8, 4) is 0 Å². The summed E-state index contributed by atoms with van der Waals surface area (Å²) >= 11 is 0. The monoisotopic (exact) mass is 186 g/mol. The van der Waals surface area contributed by atoms with Crippen LogP contribution in [0, 0.1) is 0 Å². The van der Waals surface area contributed by atoms with E-state index in [4.69, 9.17) is 10.5 Å². The van der Waals surface area contributed by atoms with Gasteiger partial charge in [0.2, 0.25) is 0 Å². The van der Waals surface area contributed by atoms with Crippen LogP contribution in [0.15, 0.2) is 0 Å². The molecule has 3 heteroatoms. The van der Waals surface area contributed by atoms with Gasteiger partial charge < -0.3 is 10.5 Å². The zero-order chi connectivity index (χ0) is 9.68. The summed E-state index contributed by atoms with van der Waals surface area (Å²) in [6, 6.07) is 0.606. The molecule has 13 heavy (non-hydrogen) atoms. The maximum Gasteiger partial charge on any atom is 0.0673 e. The summed E-state index contributed by atoms with van der Waals surface area (Å²) in [6.07, 6.45) is 2.62. The van der Waals surface area contributed by atoms with E-state index in [2.05, 4.69) is 18.7 Å². The van der Waals surface area contributed by atoms with Crippen LogP contribution in [0.2, 0.25) is 0 Å². The molecule has 3 nitrogen and oxygen atoms in total. The van der Waals surface area contributed by atoms with Gasteiger partial charge >= 0.3 is 0 Å². The van der Waals surface area contributed by atoms with Crippen LogP contribution in [0.3, 0.4) is 0 Å². The highest BCUT2D eigenvalue weighted by molar-refractivity contribution is 4.72. The lowest BCUT2D eigenvalue weighted by molar-refractivity contribution is 0.0615. The Labute approximate surface area is 81.2 Å². The Morgan fingerprint density at radius 2 is 2.38 bits per heavy atom. The predicted molar refractivity (Wildman–Crippen MR) is 54.7 cm³/mol. The Balaban J connectivity index is 2.37. The van der Waals surface area contributed by atoms with E-state index in [1.165, 1.54) is 0 Å². The number of nitrogens with two attached hydrogens (primary N) is 1. The second kappa shape index (κ2) is 5.58. The third-order valence-electron chi connectivity index (χ3n) is 2.69. The fraction of sp³-hybridized carbons (Fsp3) is 1.00. The summed E-state index contributed by atoms with van der Waals surface area (Å²) < 4.78 is 5.59. The largest absolute Gasteiger partial charge is 0.377 e. The fourth-order valence-corrected chi connectivity index (χ4v) is 1.85. The topological polar surface area (TPSA) is 38.5 Å². The molecule has 1 rings (SSSR count). The SMILES string of the molecule is CC1CN(C(C)CCN)CCCO1. The number of hydrogen-bond acceptors (Lipinski definition) is 3. The van der Waals surface area contributed by atoms with Crippen LogP contribution in [0.25, 0.3) is 0 Å². The van der Waals surface area contributed by atoms with Gasteiger partial charge in [0.1, 0.15) is 0 Å². The van der Waals surface area contributed by atoms with Gasteiger partial charge in [-0.2, -0.15) is 0 Å². The van der Waals surface area contributed by atoms with Crippen LogP contribution in [-0.4, -0.2) is 43.3 Å². The summed E-state index contributed by atoms with van der Waals surface area (Å²) in [5, 5.41) is 0. The predicted octanol–water partition coefficient (Wildman–Crippen LogP) is 0.834. The van der Waals surface area contributed by atoms with Crippen LogP contribution in [0.1, 0.15) is 26.7 Å². The third kappa shape index (κ3) is 3.63. The van der Waals surface area contributed by atoms with E-state index >= 15 is 0 Å². The van der Waals surface area contributed by atoms with Crippen LogP contribution in [0.4, 0.5) is 0 Å². The lowest BCUT2D eigenvalue weighted by Crippen LogP contribution is -2.38. The molecule has 0 aromatic heterocycles. The number of ether oxygens (including phenoxy) is 1. The molecular weight excluding hydrogens is 164 g/mol. The van der Waals surface area contributed by atoms with Gasteiger partial charge in [-0.1, -0.05) is 0 Å². The van der Waals surface area contributed by atoms with Crippen molar-refractivity contribution < 1.29 is 4.74 Å². The first kappa shape index (κ1) is 11.0. The van der Waals surface area contributed by atoms with Crippen LogP contribution >= 0.6 is 0 Å². The highest BCUT2D eigenvalue weighted by atomic mass is 16.5. The zero-order valence-electron chi connectivity index (χ0n) is 8.83. The first-order valence-corrected chi connectivity index (χ1v) is 5.29. The summed E-state index contributed by atoms with van der Waals surface area (Å²) in [5.74, 6) is 0. The molecule has 1 aliphatic heterocycles. The molecule has 1 saturated heterocycles. The first-order valence-electron chi connectivity index (χ1n) is 5.29. The standard InChI is InChI=1S/C10H22N2O/c1-9(4-5-11)12-6-3-7-13-10(2)8-12/h9-10H,3-8,11H2,1-2H3. The normalized spacial score (nSPS) is 28.4. The van der Waals surface area contributed by atoms with Crippen molar-refractivity contribution in [3.05, 3.63) is 0 Å². The number of hydrogen-bond donors (Lipinski definition) is 1. The second-order valence-corrected chi connectivity index (χ2v) is 3.96. The van der Waals surface area contributed by atoms with Gasteiger partial charge in [0.25, 0.3) is 0 Å². The van der Waals surface area contributed by atoms with Crippen LogP contribution < -0.4 is 5.73 Å². The molecule has 2 unspecified atom stereocenters. The van der Waals surface area contributed by atoms with Gasteiger partial charge in [-0.25, -0.2) is 0 Å². The van der Waals surface area contributed by atoms with Crippen molar-refractivity contribution in [1.82, 2.24) is 4.90 Å². The van der Waals surface area contributed by atoms with Crippen molar-refractivity contribution in [2.75, 3.05) is 26.2 Å². The highest BCUT2D eigenvalue weighted by Crippen LogP contribution is 2.10. The van der Waals surface area contributed by atoms with E-state index in [0.29, 0.717) is 12.1 Å². The zero-order valence-corrected chi connectivity index (χ0v) is 8.83. The lowest BCUT2D eigenvalue weighted by Gasteiger charge is -2.28. The molecule has 0 bridgehead atoms. The van der Waals surface area contributed by atoms with Gasteiger partial charge in [-0.3, -0.25) is 4.90 Å². The van der Waals surface area contributed by atoms with E-state index < -0.39 is 0 Å². The molecule has 2 atom stereocenters. The Morgan fingerprint density at radius 3 is 3.08 bits per heavy atom. The first-order chi connectivity index (χ1) is 6.24. The molecule has 0 spiro atoms. The van der Waals surface area contributed by atoms with Crippen molar-refractivity contribution >= 4 is 0 Å². The molecular formula is C10H22N2O. The minimum atomic E-state index is 0.378.